The van der Waals surface area contributed by atoms with Crippen LogP contribution in [0.4, 0.5) is 4.39 Å². The summed E-state index contributed by atoms with van der Waals surface area (Å²) in [4.78, 5) is 4.62. The predicted molar refractivity (Wildman–Crippen MR) is 104 cm³/mol. The first-order valence-corrected chi connectivity index (χ1v) is 9.52. The summed E-state index contributed by atoms with van der Waals surface area (Å²) < 4.78 is 18.5. The van der Waals surface area contributed by atoms with Crippen LogP contribution in [0.5, 0.6) is 0 Å². The maximum absolute atomic E-state index is 13.1. The Morgan fingerprint density at radius 1 is 1.28 bits per heavy atom. The van der Waals surface area contributed by atoms with Gasteiger partial charge in [0.2, 0.25) is 0 Å². The summed E-state index contributed by atoms with van der Waals surface area (Å²) in [5.41, 5.74) is 1.07. The molecule has 1 heterocycles. The van der Waals surface area contributed by atoms with E-state index in [-0.39, 0.29) is 5.82 Å². The molecule has 0 atom stereocenters. The van der Waals surface area contributed by atoms with Crippen LogP contribution in [0.2, 0.25) is 0 Å². The number of hydrogen-bond donors (Lipinski definition) is 1. The average Bonchev–Trinajstić information content (AvgIpc) is 2.61. The Labute approximate surface area is 156 Å². The van der Waals surface area contributed by atoms with Crippen molar-refractivity contribution >= 4 is 17.3 Å². The summed E-state index contributed by atoms with van der Waals surface area (Å²) in [7, 11) is 0. The smallest absolute Gasteiger partial charge is 0.169 e. The molecular formula is C19H30FN3OS. The molecule has 1 N–H and O–H groups in total. The maximum atomic E-state index is 13.1. The van der Waals surface area contributed by atoms with E-state index in [2.05, 4.69) is 29.0 Å². The van der Waals surface area contributed by atoms with Crippen LogP contribution in [0.15, 0.2) is 24.3 Å². The van der Waals surface area contributed by atoms with Gasteiger partial charge < -0.3 is 15.0 Å². The number of hydrogen-bond acceptors (Lipinski definition) is 3. The Kier molecular flexibility index (Phi) is 8.58. The van der Waals surface area contributed by atoms with Crippen LogP contribution in [0.1, 0.15) is 25.8 Å². The zero-order valence-corrected chi connectivity index (χ0v) is 16.2. The summed E-state index contributed by atoms with van der Waals surface area (Å²) in [5.74, 6) is 0.335. The Balaban J connectivity index is 1.88. The van der Waals surface area contributed by atoms with E-state index in [1.807, 2.05) is 12.1 Å². The van der Waals surface area contributed by atoms with Crippen LogP contribution >= 0.6 is 12.2 Å². The molecule has 0 aliphatic carbocycles. The van der Waals surface area contributed by atoms with Gasteiger partial charge in [0, 0.05) is 39.3 Å². The molecule has 0 unspecified atom stereocenters. The lowest BCUT2D eigenvalue weighted by atomic mass is 10.2. The molecule has 1 fully saturated rings. The number of ether oxygens (including phenoxy) is 1. The van der Waals surface area contributed by atoms with Gasteiger partial charge in [-0.25, -0.2) is 4.39 Å². The molecule has 140 valence electrons. The van der Waals surface area contributed by atoms with Gasteiger partial charge in [-0.2, -0.15) is 0 Å². The van der Waals surface area contributed by atoms with Crippen LogP contribution in [-0.4, -0.2) is 60.8 Å². The molecule has 4 nitrogen and oxygen atoms in total. The van der Waals surface area contributed by atoms with Gasteiger partial charge in [-0.15, -0.1) is 0 Å². The molecule has 0 bridgehead atoms. The summed E-state index contributed by atoms with van der Waals surface area (Å²) >= 11 is 5.60. The first-order valence-electron chi connectivity index (χ1n) is 9.12. The van der Waals surface area contributed by atoms with E-state index in [1.54, 1.807) is 0 Å². The molecule has 0 saturated carbocycles. The van der Waals surface area contributed by atoms with E-state index in [0.29, 0.717) is 12.5 Å². The third kappa shape index (κ3) is 7.67. The fraction of sp³-hybridized carbons (Fsp3) is 0.632. The average molecular weight is 368 g/mol. The number of morpholine rings is 1. The maximum Gasteiger partial charge on any atom is 0.169 e. The van der Waals surface area contributed by atoms with Gasteiger partial charge in [0.15, 0.2) is 5.11 Å². The van der Waals surface area contributed by atoms with E-state index >= 15 is 0 Å². The molecule has 25 heavy (non-hydrogen) atoms. The SMILES string of the molecule is CC(C)CNC(=S)N(CCCN1CCOCC1)Cc1ccc(F)cc1. The summed E-state index contributed by atoms with van der Waals surface area (Å²) in [6.07, 6.45) is 1.05. The lowest BCUT2D eigenvalue weighted by Gasteiger charge is -2.30. The molecule has 1 aromatic rings. The van der Waals surface area contributed by atoms with Gasteiger partial charge in [0.05, 0.1) is 13.2 Å². The standard InChI is InChI=1S/C19H30FN3OS/c1-16(2)14-21-19(25)23(15-17-4-6-18(20)7-5-17)9-3-8-22-10-12-24-13-11-22/h4-7,16H,3,8-15H2,1-2H3,(H,21,25). The summed E-state index contributed by atoms with van der Waals surface area (Å²) in [5, 5.41) is 4.13. The van der Waals surface area contributed by atoms with E-state index in [1.165, 1.54) is 12.1 Å². The zero-order valence-electron chi connectivity index (χ0n) is 15.3. The van der Waals surface area contributed by atoms with Crippen molar-refractivity contribution in [2.24, 2.45) is 5.92 Å². The number of nitrogens with one attached hydrogen (secondary N) is 1. The van der Waals surface area contributed by atoms with Crippen molar-refractivity contribution in [3.63, 3.8) is 0 Å². The highest BCUT2D eigenvalue weighted by Crippen LogP contribution is 2.09. The second-order valence-corrected chi connectivity index (χ2v) is 7.32. The van der Waals surface area contributed by atoms with Crippen molar-refractivity contribution in [2.75, 3.05) is 45.9 Å². The minimum atomic E-state index is -0.205. The second kappa shape index (κ2) is 10.7. The molecule has 0 amide bonds. The van der Waals surface area contributed by atoms with Crippen molar-refractivity contribution in [1.29, 1.82) is 0 Å². The highest BCUT2D eigenvalue weighted by Gasteiger charge is 2.13. The van der Waals surface area contributed by atoms with E-state index in [4.69, 9.17) is 17.0 Å². The fourth-order valence-corrected chi connectivity index (χ4v) is 3.01. The first-order chi connectivity index (χ1) is 12.0. The Morgan fingerprint density at radius 2 is 1.96 bits per heavy atom. The highest BCUT2D eigenvalue weighted by atomic mass is 32.1. The van der Waals surface area contributed by atoms with Crippen LogP contribution in [-0.2, 0) is 11.3 Å². The van der Waals surface area contributed by atoms with Gasteiger partial charge >= 0.3 is 0 Å². The minimum absolute atomic E-state index is 0.205. The first kappa shape index (κ1) is 20.1. The second-order valence-electron chi connectivity index (χ2n) is 6.94. The number of halogens is 1. The van der Waals surface area contributed by atoms with Gasteiger partial charge in [0.25, 0.3) is 0 Å². The van der Waals surface area contributed by atoms with Crippen molar-refractivity contribution in [2.45, 2.75) is 26.8 Å². The minimum Gasteiger partial charge on any atom is -0.379 e. The molecule has 6 heteroatoms. The monoisotopic (exact) mass is 367 g/mol. The van der Waals surface area contributed by atoms with Gasteiger partial charge in [-0.1, -0.05) is 26.0 Å². The molecule has 1 saturated heterocycles. The third-order valence-electron chi connectivity index (χ3n) is 4.24. The lowest BCUT2D eigenvalue weighted by Crippen LogP contribution is -2.43. The Hall–Kier alpha value is -1.24. The fourth-order valence-electron chi connectivity index (χ4n) is 2.78. The van der Waals surface area contributed by atoms with E-state index < -0.39 is 0 Å². The van der Waals surface area contributed by atoms with Crippen molar-refractivity contribution in [3.05, 3.63) is 35.6 Å². The van der Waals surface area contributed by atoms with Gasteiger partial charge in [-0.05, 0) is 42.3 Å². The van der Waals surface area contributed by atoms with Crippen molar-refractivity contribution in [1.82, 2.24) is 15.1 Å². The normalized spacial score (nSPS) is 15.4. The molecule has 2 rings (SSSR count). The van der Waals surface area contributed by atoms with Crippen LogP contribution in [0.25, 0.3) is 0 Å². The van der Waals surface area contributed by atoms with Crippen molar-refractivity contribution in [3.8, 4) is 0 Å². The number of benzene rings is 1. The molecule has 1 aromatic carbocycles. The number of thiocarbonyl (C=S) groups is 1. The lowest BCUT2D eigenvalue weighted by molar-refractivity contribution is 0.0367. The Morgan fingerprint density at radius 3 is 2.60 bits per heavy atom. The molecule has 1 aliphatic rings. The molecular weight excluding hydrogens is 337 g/mol. The quantitative estimate of drug-likeness (QED) is 0.713. The molecule has 0 radical (unpaired) electrons. The summed E-state index contributed by atoms with van der Waals surface area (Å²) in [6.45, 7) is 11.5. The van der Waals surface area contributed by atoms with Gasteiger partial charge in [-0.3, -0.25) is 4.90 Å². The zero-order chi connectivity index (χ0) is 18.1. The topological polar surface area (TPSA) is 27.7 Å². The van der Waals surface area contributed by atoms with E-state index in [0.717, 1.165) is 63.0 Å². The van der Waals surface area contributed by atoms with Gasteiger partial charge in [0.1, 0.15) is 5.82 Å². The van der Waals surface area contributed by atoms with E-state index in [9.17, 15) is 4.39 Å². The largest absolute Gasteiger partial charge is 0.379 e. The number of nitrogens with zero attached hydrogens (tertiary/aromatic N) is 2. The highest BCUT2D eigenvalue weighted by molar-refractivity contribution is 7.80. The van der Waals surface area contributed by atoms with Crippen LogP contribution in [0, 0.1) is 11.7 Å². The molecule has 0 aromatic heterocycles. The predicted octanol–water partition coefficient (Wildman–Crippen LogP) is 2.88. The van der Waals surface area contributed by atoms with Crippen LogP contribution in [0.3, 0.4) is 0 Å². The Bertz CT molecular complexity index is 518. The van der Waals surface area contributed by atoms with Crippen LogP contribution < -0.4 is 5.32 Å². The summed E-state index contributed by atoms with van der Waals surface area (Å²) in [6, 6.07) is 6.67. The van der Waals surface area contributed by atoms with Crippen molar-refractivity contribution < 1.29 is 9.13 Å². The third-order valence-corrected chi connectivity index (χ3v) is 4.64. The molecule has 0 spiro atoms. The number of rotatable bonds is 8. The molecule has 1 aliphatic heterocycles.